The van der Waals surface area contributed by atoms with Crippen LogP contribution in [0.1, 0.15) is 35.6 Å². The summed E-state index contributed by atoms with van der Waals surface area (Å²) in [7, 11) is 1.69. The SMILES string of the molecule is COc1ccccc1C(c1ccncc1C)N1CCC(C(=O)O)CC1. The molecule has 3 rings (SSSR count). The van der Waals surface area contributed by atoms with Crippen LogP contribution in [0, 0.1) is 12.8 Å². The van der Waals surface area contributed by atoms with E-state index < -0.39 is 5.97 Å². The Morgan fingerprint density at radius 2 is 1.96 bits per heavy atom. The number of carboxylic acids is 1. The van der Waals surface area contributed by atoms with Crippen molar-refractivity contribution in [2.45, 2.75) is 25.8 Å². The molecule has 0 radical (unpaired) electrons. The number of piperidine rings is 1. The minimum absolute atomic E-state index is 0.0360. The van der Waals surface area contributed by atoms with E-state index in [2.05, 4.69) is 28.9 Å². The standard InChI is InChI=1S/C20H24N2O3/c1-14-13-21-10-7-16(14)19(17-5-3-4-6-18(17)25-2)22-11-8-15(9-12-22)20(23)24/h3-7,10,13,15,19H,8-9,11-12H2,1-2H3,(H,23,24). The van der Waals surface area contributed by atoms with Crippen molar-refractivity contribution < 1.29 is 14.6 Å². The number of hydrogen-bond donors (Lipinski definition) is 1. The van der Waals surface area contributed by atoms with Crippen molar-refractivity contribution in [3.05, 3.63) is 59.4 Å². The van der Waals surface area contributed by atoms with Crippen molar-refractivity contribution in [3.8, 4) is 5.75 Å². The van der Waals surface area contributed by atoms with Gasteiger partial charge in [0, 0.05) is 18.0 Å². The van der Waals surface area contributed by atoms with Crippen LogP contribution in [0.5, 0.6) is 5.75 Å². The topological polar surface area (TPSA) is 62.7 Å². The minimum Gasteiger partial charge on any atom is -0.496 e. The van der Waals surface area contributed by atoms with E-state index in [-0.39, 0.29) is 12.0 Å². The first kappa shape index (κ1) is 17.4. The summed E-state index contributed by atoms with van der Waals surface area (Å²) < 4.78 is 5.60. The second-order valence-corrected chi connectivity index (χ2v) is 6.53. The predicted octanol–water partition coefficient (Wildman–Crippen LogP) is 3.28. The van der Waals surface area contributed by atoms with Crippen molar-refractivity contribution in [1.29, 1.82) is 0 Å². The maximum atomic E-state index is 11.3. The van der Waals surface area contributed by atoms with Gasteiger partial charge in [0.15, 0.2) is 0 Å². The lowest BCUT2D eigenvalue weighted by molar-refractivity contribution is -0.143. The zero-order valence-corrected chi connectivity index (χ0v) is 14.7. The number of hydrogen-bond acceptors (Lipinski definition) is 4. The third-order valence-corrected chi connectivity index (χ3v) is 5.04. The summed E-state index contributed by atoms with van der Waals surface area (Å²) in [5.41, 5.74) is 3.42. The number of methoxy groups -OCH3 is 1. The number of pyridine rings is 1. The minimum atomic E-state index is -0.686. The van der Waals surface area contributed by atoms with Crippen LogP contribution in [-0.2, 0) is 4.79 Å². The fourth-order valence-corrected chi connectivity index (χ4v) is 3.65. The third kappa shape index (κ3) is 3.66. The smallest absolute Gasteiger partial charge is 0.306 e. The Morgan fingerprint density at radius 3 is 2.60 bits per heavy atom. The lowest BCUT2D eigenvalue weighted by Gasteiger charge is -2.38. The first-order valence-electron chi connectivity index (χ1n) is 8.62. The van der Waals surface area contributed by atoms with Crippen LogP contribution in [0.15, 0.2) is 42.7 Å². The largest absolute Gasteiger partial charge is 0.496 e. The predicted molar refractivity (Wildman–Crippen MR) is 95.7 cm³/mol. The second-order valence-electron chi connectivity index (χ2n) is 6.53. The molecule has 2 heterocycles. The lowest BCUT2D eigenvalue weighted by atomic mass is 9.90. The van der Waals surface area contributed by atoms with Gasteiger partial charge in [0.25, 0.3) is 0 Å². The molecule has 25 heavy (non-hydrogen) atoms. The van der Waals surface area contributed by atoms with Gasteiger partial charge in [-0.1, -0.05) is 18.2 Å². The molecule has 0 spiro atoms. The van der Waals surface area contributed by atoms with Gasteiger partial charge in [-0.3, -0.25) is 14.7 Å². The first-order valence-corrected chi connectivity index (χ1v) is 8.62. The summed E-state index contributed by atoms with van der Waals surface area (Å²) in [5.74, 6) is -0.0780. The highest BCUT2D eigenvalue weighted by Gasteiger charge is 2.32. The number of aliphatic carboxylic acids is 1. The van der Waals surface area contributed by atoms with Gasteiger partial charge in [-0.15, -0.1) is 0 Å². The number of benzene rings is 1. The molecule has 0 saturated carbocycles. The van der Waals surface area contributed by atoms with Gasteiger partial charge < -0.3 is 9.84 Å². The Bertz CT molecular complexity index is 739. The van der Waals surface area contributed by atoms with E-state index in [9.17, 15) is 9.90 Å². The molecule has 1 N–H and O–H groups in total. The van der Waals surface area contributed by atoms with Gasteiger partial charge in [0.2, 0.25) is 0 Å². The number of ether oxygens (including phenoxy) is 1. The van der Waals surface area contributed by atoms with Crippen LogP contribution in [0.2, 0.25) is 0 Å². The Kier molecular flexibility index (Phi) is 5.34. The molecule has 2 aromatic rings. The maximum Gasteiger partial charge on any atom is 0.306 e. The van der Waals surface area contributed by atoms with Crippen molar-refractivity contribution in [2.24, 2.45) is 5.92 Å². The van der Waals surface area contributed by atoms with Crippen LogP contribution < -0.4 is 4.74 Å². The molecule has 0 bridgehead atoms. The molecular weight excluding hydrogens is 316 g/mol. The summed E-state index contributed by atoms with van der Waals surface area (Å²) in [6, 6.07) is 10.1. The van der Waals surface area contributed by atoms with E-state index in [1.165, 1.54) is 5.56 Å². The summed E-state index contributed by atoms with van der Waals surface area (Å²) in [4.78, 5) is 17.9. The molecule has 5 heteroatoms. The monoisotopic (exact) mass is 340 g/mol. The second kappa shape index (κ2) is 7.66. The van der Waals surface area contributed by atoms with E-state index in [0.717, 1.165) is 30.0 Å². The molecule has 0 amide bonds. The molecule has 1 aliphatic heterocycles. The molecule has 1 aromatic heterocycles. The highest BCUT2D eigenvalue weighted by molar-refractivity contribution is 5.70. The first-order chi connectivity index (χ1) is 12.1. The van der Waals surface area contributed by atoms with Crippen LogP contribution >= 0.6 is 0 Å². The molecule has 5 nitrogen and oxygen atoms in total. The van der Waals surface area contributed by atoms with E-state index in [1.807, 2.05) is 30.6 Å². The van der Waals surface area contributed by atoms with Gasteiger partial charge in [0.1, 0.15) is 5.75 Å². The van der Waals surface area contributed by atoms with Crippen molar-refractivity contribution in [1.82, 2.24) is 9.88 Å². The molecule has 0 aliphatic carbocycles. The van der Waals surface area contributed by atoms with E-state index in [1.54, 1.807) is 7.11 Å². The van der Waals surface area contributed by atoms with Gasteiger partial charge in [-0.05, 0) is 56.1 Å². The summed E-state index contributed by atoms with van der Waals surface area (Å²) in [6.07, 6.45) is 5.03. The van der Waals surface area contributed by atoms with E-state index >= 15 is 0 Å². The highest BCUT2D eigenvalue weighted by atomic mass is 16.5. The molecule has 1 aliphatic rings. The van der Waals surface area contributed by atoms with Gasteiger partial charge in [0.05, 0.1) is 19.1 Å². The molecule has 1 unspecified atom stereocenters. The average Bonchev–Trinajstić information content (AvgIpc) is 2.64. The molecular formula is C20H24N2O3. The fourth-order valence-electron chi connectivity index (χ4n) is 3.65. The normalized spacial score (nSPS) is 17.2. The maximum absolute atomic E-state index is 11.3. The number of aromatic nitrogens is 1. The number of aryl methyl sites for hydroxylation is 1. The number of carboxylic acid groups (broad SMARTS) is 1. The van der Waals surface area contributed by atoms with Crippen molar-refractivity contribution in [3.63, 3.8) is 0 Å². The highest BCUT2D eigenvalue weighted by Crippen LogP contribution is 2.37. The Hall–Kier alpha value is -2.40. The lowest BCUT2D eigenvalue weighted by Crippen LogP contribution is -2.39. The Balaban J connectivity index is 1.99. The van der Waals surface area contributed by atoms with Crippen LogP contribution in [-0.4, -0.2) is 41.2 Å². The molecule has 132 valence electrons. The number of nitrogens with zero attached hydrogens (tertiary/aromatic N) is 2. The van der Waals surface area contributed by atoms with E-state index in [4.69, 9.17) is 4.74 Å². The zero-order chi connectivity index (χ0) is 17.8. The number of carbonyl (C=O) groups is 1. The van der Waals surface area contributed by atoms with Gasteiger partial charge in [-0.2, -0.15) is 0 Å². The third-order valence-electron chi connectivity index (χ3n) is 5.04. The Labute approximate surface area is 148 Å². The summed E-state index contributed by atoms with van der Waals surface area (Å²) in [5, 5.41) is 9.28. The average molecular weight is 340 g/mol. The number of rotatable bonds is 5. The quantitative estimate of drug-likeness (QED) is 0.905. The van der Waals surface area contributed by atoms with Crippen molar-refractivity contribution in [2.75, 3.05) is 20.2 Å². The molecule has 1 fully saturated rings. The summed E-state index contributed by atoms with van der Waals surface area (Å²) >= 11 is 0. The molecule has 1 saturated heterocycles. The van der Waals surface area contributed by atoms with Crippen LogP contribution in [0.3, 0.4) is 0 Å². The molecule has 1 aromatic carbocycles. The summed E-state index contributed by atoms with van der Waals surface area (Å²) in [6.45, 7) is 3.57. The number of likely N-dealkylation sites (tertiary alicyclic amines) is 1. The van der Waals surface area contributed by atoms with Crippen LogP contribution in [0.25, 0.3) is 0 Å². The van der Waals surface area contributed by atoms with Crippen LogP contribution in [0.4, 0.5) is 0 Å². The van der Waals surface area contributed by atoms with E-state index in [0.29, 0.717) is 12.8 Å². The number of para-hydroxylation sites is 1. The fraction of sp³-hybridized carbons (Fsp3) is 0.400. The van der Waals surface area contributed by atoms with Crippen molar-refractivity contribution >= 4 is 5.97 Å². The zero-order valence-electron chi connectivity index (χ0n) is 14.7. The van der Waals surface area contributed by atoms with Gasteiger partial charge >= 0.3 is 5.97 Å². The molecule has 1 atom stereocenters. The Morgan fingerprint density at radius 1 is 1.24 bits per heavy atom. The van der Waals surface area contributed by atoms with Gasteiger partial charge in [-0.25, -0.2) is 0 Å².